The molecule has 7 heteroatoms. The second kappa shape index (κ2) is 4.34. The average molecular weight is 271 g/mol. The third kappa shape index (κ3) is 2.24. The third-order valence-electron chi connectivity index (χ3n) is 2.61. The minimum absolute atomic E-state index is 0.340. The molecule has 1 amide bonds. The van der Waals surface area contributed by atoms with Gasteiger partial charge in [-0.3, -0.25) is 9.69 Å². The van der Waals surface area contributed by atoms with Crippen LogP contribution in [0.15, 0.2) is 24.3 Å². The molecule has 0 radical (unpaired) electrons. The fourth-order valence-electron chi connectivity index (χ4n) is 1.93. The first kappa shape index (κ1) is 13.0. The predicted molar refractivity (Wildman–Crippen MR) is 63.0 cm³/mol. The maximum absolute atomic E-state index is 12.0. The van der Waals surface area contributed by atoms with Crippen molar-refractivity contribution >= 4 is 16.0 Å². The summed E-state index contributed by atoms with van der Waals surface area (Å²) in [7, 11) is -3.75. The number of aliphatic hydroxyl groups excluding tert-OH is 1. The van der Waals surface area contributed by atoms with Crippen LogP contribution in [0.4, 0.5) is 0 Å². The van der Waals surface area contributed by atoms with E-state index >= 15 is 0 Å². The van der Waals surface area contributed by atoms with Crippen molar-refractivity contribution in [3.63, 3.8) is 0 Å². The summed E-state index contributed by atoms with van der Waals surface area (Å²) in [5.41, 5.74) is 0.779. The Labute approximate surface area is 105 Å². The molecule has 1 aliphatic rings. The van der Waals surface area contributed by atoms with Crippen LogP contribution in [0.1, 0.15) is 29.1 Å². The molecule has 0 saturated carbocycles. The average Bonchev–Trinajstić information content (AvgIpc) is 2.51. The normalized spacial score (nSPS) is 20.9. The van der Waals surface area contributed by atoms with Crippen LogP contribution < -0.4 is 0 Å². The van der Waals surface area contributed by atoms with Gasteiger partial charge in [0.2, 0.25) is 0 Å². The van der Waals surface area contributed by atoms with Crippen molar-refractivity contribution in [3.05, 3.63) is 35.4 Å². The molecule has 2 atom stereocenters. The molecule has 0 aromatic heterocycles. The van der Waals surface area contributed by atoms with Crippen molar-refractivity contribution in [2.45, 2.75) is 19.4 Å². The first-order valence-electron chi connectivity index (χ1n) is 5.29. The fraction of sp³-hybridized carbons (Fsp3) is 0.364. The van der Waals surface area contributed by atoms with Crippen LogP contribution in [0, 0.1) is 0 Å². The molecular weight excluding hydrogens is 258 g/mol. The molecule has 0 bridgehead atoms. The van der Waals surface area contributed by atoms with Crippen LogP contribution >= 0.6 is 0 Å². The standard InChI is InChI=1S/C11H13NO5S/c1-7(13)12-10(14)8-5-3-4-6-9(8)11(12)17-18(2,15)16/h3-7,11,13H,1-2H3. The highest BCUT2D eigenvalue weighted by atomic mass is 32.2. The summed E-state index contributed by atoms with van der Waals surface area (Å²) in [5.74, 6) is -0.450. The number of benzene rings is 1. The SMILES string of the molecule is CC(O)N1C(=O)c2ccccc2C1OS(C)(=O)=O. The topological polar surface area (TPSA) is 83.9 Å². The third-order valence-corrected chi connectivity index (χ3v) is 3.14. The van der Waals surface area contributed by atoms with E-state index in [-0.39, 0.29) is 0 Å². The molecule has 18 heavy (non-hydrogen) atoms. The highest BCUT2D eigenvalue weighted by Gasteiger charge is 2.41. The zero-order valence-corrected chi connectivity index (χ0v) is 10.7. The van der Waals surface area contributed by atoms with E-state index in [2.05, 4.69) is 0 Å². The van der Waals surface area contributed by atoms with E-state index < -0.39 is 28.5 Å². The van der Waals surface area contributed by atoms with Crippen molar-refractivity contribution in [1.29, 1.82) is 0 Å². The maximum atomic E-state index is 12.0. The van der Waals surface area contributed by atoms with Gasteiger partial charge in [-0.05, 0) is 13.0 Å². The monoisotopic (exact) mass is 271 g/mol. The van der Waals surface area contributed by atoms with Gasteiger partial charge in [0.15, 0.2) is 6.23 Å². The summed E-state index contributed by atoms with van der Waals surface area (Å²) in [5, 5.41) is 9.59. The minimum atomic E-state index is -3.75. The van der Waals surface area contributed by atoms with Gasteiger partial charge in [-0.25, -0.2) is 4.18 Å². The lowest BCUT2D eigenvalue weighted by atomic mass is 10.1. The number of aliphatic hydroxyl groups is 1. The smallest absolute Gasteiger partial charge is 0.266 e. The van der Waals surface area contributed by atoms with Crippen molar-refractivity contribution in [3.8, 4) is 0 Å². The molecule has 2 unspecified atom stereocenters. The Morgan fingerprint density at radius 2 is 2.00 bits per heavy atom. The van der Waals surface area contributed by atoms with Crippen molar-refractivity contribution in [2.75, 3.05) is 6.26 Å². The second-order valence-electron chi connectivity index (χ2n) is 4.08. The lowest BCUT2D eigenvalue weighted by molar-refractivity contribution is -0.0486. The van der Waals surface area contributed by atoms with Crippen LogP contribution in [0.25, 0.3) is 0 Å². The summed E-state index contributed by atoms with van der Waals surface area (Å²) < 4.78 is 27.3. The second-order valence-corrected chi connectivity index (χ2v) is 5.68. The van der Waals surface area contributed by atoms with Gasteiger partial charge >= 0.3 is 0 Å². The number of fused-ring (bicyclic) bond motifs is 1. The van der Waals surface area contributed by atoms with Gasteiger partial charge in [0, 0.05) is 11.1 Å². The summed E-state index contributed by atoms with van der Waals surface area (Å²) in [6.45, 7) is 1.38. The Hall–Kier alpha value is -1.44. The van der Waals surface area contributed by atoms with E-state index in [1.807, 2.05) is 0 Å². The first-order valence-corrected chi connectivity index (χ1v) is 7.11. The highest BCUT2D eigenvalue weighted by Crippen LogP contribution is 2.36. The van der Waals surface area contributed by atoms with Gasteiger partial charge in [0.25, 0.3) is 16.0 Å². The molecule has 6 nitrogen and oxygen atoms in total. The summed E-state index contributed by atoms with van der Waals surface area (Å²) in [6, 6.07) is 6.51. The quantitative estimate of drug-likeness (QED) is 0.807. The van der Waals surface area contributed by atoms with Crippen molar-refractivity contribution in [1.82, 2.24) is 4.90 Å². The van der Waals surface area contributed by atoms with Crippen LogP contribution in [0.2, 0.25) is 0 Å². The number of nitrogens with zero attached hydrogens (tertiary/aromatic N) is 1. The van der Waals surface area contributed by atoms with Gasteiger partial charge < -0.3 is 5.11 Å². The molecule has 1 N–H and O–H groups in total. The van der Waals surface area contributed by atoms with Crippen LogP contribution in [-0.4, -0.2) is 36.8 Å². The van der Waals surface area contributed by atoms with E-state index in [9.17, 15) is 18.3 Å². The predicted octanol–water partition coefficient (Wildman–Crippen LogP) is 0.456. The van der Waals surface area contributed by atoms with Gasteiger partial charge in [-0.1, -0.05) is 18.2 Å². The number of hydrogen-bond acceptors (Lipinski definition) is 5. The number of carbonyl (C=O) groups excluding carboxylic acids is 1. The lowest BCUT2D eigenvalue weighted by Gasteiger charge is -2.26. The van der Waals surface area contributed by atoms with E-state index in [1.54, 1.807) is 24.3 Å². The zero-order chi connectivity index (χ0) is 13.5. The van der Waals surface area contributed by atoms with Gasteiger partial charge in [0.1, 0.15) is 6.23 Å². The first-order chi connectivity index (χ1) is 8.31. The highest BCUT2D eigenvalue weighted by molar-refractivity contribution is 7.86. The molecule has 1 aromatic carbocycles. The summed E-state index contributed by atoms with van der Waals surface area (Å²) in [4.78, 5) is 13.0. The Kier molecular flexibility index (Phi) is 3.14. The number of rotatable bonds is 3. The van der Waals surface area contributed by atoms with Gasteiger partial charge in [-0.2, -0.15) is 8.42 Å². The van der Waals surface area contributed by atoms with E-state index in [1.165, 1.54) is 6.92 Å². The molecule has 1 aromatic rings. The number of carbonyl (C=O) groups is 1. The Morgan fingerprint density at radius 1 is 1.39 bits per heavy atom. The number of amides is 1. The maximum Gasteiger partial charge on any atom is 0.266 e. The molecule has 0 aliphatic carbocycles. The molecule has 0 spiro atoms. The molecule has 0 fully saturated rings. The van der Waals surface area contributed by atoms with Crippen LogP contribution in [-0.2, 0) is 14.3 Å². The minimum Gasteiger partial charge on any atom is -0.374 e. The van der Waals surface area contributed by atoms with Gasteiger partial charge in [0.05, 0.1) is 6.26 Å². The Morgan fingerprint density at radius 3 is 2.56 bits per heavy atom. The van der Waals surface area contributed by atoms with Crippen molar-refractivity contribution < 1.29 is 22.5 Å². The molecule has 98 valence electrons. The van der Waals surface area contributed by atoms with E-state index in [0.29, 0.717) is 11.1 Å². The zero-order valence-electron chi connectivity index (χ0n) is 9.90. The molecule has 0 saturated heterocycles. The molecule has 1 aliphatic heterocycles. The van der Waals surface area contributed by atoms with Crippen molar-refractivity contribution in [2.24, 2.45) is 0 Å². The molecule has 2 rings (SSSR count). The summed E-state index contributed by atoms with van der Waals surface area (Å²) >= 11 is 0. The van der Waals surface area contributed by atoms with Crippen LogP contribution in [0.5, 0.6) is 0 Å². The molecule has 1 heterocycles. The fourth-order valence-corrected chi connectivity index (χ4v) is 2.46. The Balaban J connectivity index is 2.50. The summed E-state index contributed by atoms with van der Waals surface area (Å²) in [6.07, 6.45) is -1.35. The lowest BCUT2D eigenvalue weighted by Crippen LogP contribution is -2.37. The molecular formula is C11H13NO5S. The van der Waals surface area contributed by atoms with E-state index in [4.69, 9.17) is 4.18 Å². The van der Waals surface area contributed by atoms with E-state index in [0.717, 1.165) is 11.2 Å². The van der Waals surface area contributed by atoms with Gasteiger partial charge in [-0.15, -0.1) is 0 Å². The van der Waals surface area contributed by atoms with Crippen LogP contribution in [0.3, 0.4) is 0 Å². The number of hydrogen-bond donors (Lipinski definition) is 1. The Bertz CT molecular complexity index is 581. The largest absolute Gasteiger partial charge is 0.374 e.